The Morgan fingerprint density at radius 2 is 1.85 bits per heavy atom. The van der Waals surface area contributed by atoms with Gasteiger partial charge in [0, 0.05) is 47.6 Å². The van der Waals surface area contributed by atoms with Crippen molar-refractivity contribution < 1.29 is 24.2 Å². The first kappa shape index (κ1) is 28.9. The minimum Gasteiger partial charge on any atom is -0.495 e. The second kappa shape index (κ2) is 12.7. The van der Waals surface area contributed by atoms with Crippen LogP contribution in [0.15, 0.2) is 76.3 Å². The molecule has 0 saturated carbocycles. The molecule has 0 fully saturated rings. The summed E-state index contributed by atoms with van der Waals surface area (Å²) in [6, 6.07) is 10.5. The highest BCUT2D eigenvalue weighted by Gasteiger charge is 2.25. The summed E-state index contributed by atoms with van der Waals surface area (Å²) < 4.78 is 6.77. The van der Waals surface area contributed by atoms with Gasteiger partial charge < -0.3 is 20.9 Å². The van der Waals surface area contributed by atoms with E-state index in [0.717, 1.165) is 0 Å². The van der Waals surface area contributed by atoms with Crippen molar-refractivity contribution in [3.8, 4) is 16.9 Å². The predicted molar refractivity (Wildman–Crippen MR) is 150 cm³/mol. The number of ketones is 1. The summed E-state index contributed by atoms with van der Waals surface area (Å²) in [7, 11) is 2.95. The molecule has 202 valence electrons. The number of carbonyl (C=O) groups is 3. The van der Waals surface area contributed by atoms with Crippen molar-refractivity contribution in [2.45, 2.75) is 19.4 Å². The van der Waals surface area contributed by atoms with Gasteiger partial charge in [-0.05, 0) is 66.7 Å². The van der Waals surface area contributed by atoms with E-state index >= 15 is 0 Å². The van der Waals surface area contributed by atoms with E-state index in [-0.39, 0.29) is 23.5 Å². The molecule has 2 aromatic carbocycles. The molecule has 3 rings (SSSR count). The molecule has 0 aliphatic carbocycles. The Labute approximate surface area is 229 Å². The van der Waals surface area contributed by atoms with Crippen LogP contribution in [0.4, 0.5) is 5.69 Å². The number of amides is 1. The van der Waals surface area contributed by atoms with Crippen LogP contribution in [0.1, 0.15) is 40.1 Å². The number of carboxylic acid groups (broad SMARTS) is 1. The average Bonchev–Trinajstić information content (AvgIpc) is 2.91. The molecule has 0 spiro atoms. The molecule has 10 nitrogen and oxygen atoms in total. The van der Waals surface area contributed by atoms with Crippen molar-refractivity contribution in [3.63, 3.8) is 0 Å². The van der Waals surface area contributed by atoms with E-state index in [9.17, 15) is 19.2 Å². The third kappa shape index (κ3) is 6.79. The molecule has 0 aliphatic heterocycles. The zero-order chi connectivity index (χ0) is 28.7. The summed E-state index contributed by atoms with van der Waals surface area (Å²) in [5.41, 5.74) is 7.16. The number of nitrogens with zero attached hydrogens (tertiary/aromatic N) is 2. The lowest BCUT2D eigenvalue weighted by molar-refractivity contribution is -0.119. The van der Waals surface area contributed by atoms with E-state index in [2.05, 4.69) is 10.3 Å². The number of benzene rings is 2. The topological polar surface area (TPSA) is 153 Å². The van der Waals surface area contributed by atoms with Crippen molar-refractivity contribution in [1.82, 2.24) is 4.57 Å². The monoisotopic (exact) mass is 550 g/mol. The van der Waals surface area contributed by atoms with Crippen LogP contribution in [0.5, 0.6) is 5.75 Å². The molecule has 1 aromatic heterocycles. The third-order valence-electron chi connectivity index (χ3n) is 5.89. The van der Waals surface area contributed by atoms with Gasteiger partial charge >= 0.3 is 5.97 Å². The smallest absolute Gasteiger partial charge is 0.335 e. The normalized spacial score (nSPS) is 12.3. The summed E-state index contributed by atoms with van der Waals surface area (Å²) >= 11 is 6.19. The van der Waals surface area contributed by atoms with Crippen LogP contribution in [-0.4, -0.2) is 47.7 Å². The van der Waals surface area contributed by atoms with Crippen molar-refractivity contribution in [2.24, 2.45) is 10.7 Å². The van der Waals surface area contributed by atoms with Crippen LogP contribution >= 0.6 is 11.6 Å². The number of aliphatic imine (C=N–C) groups is 1. The highest BCUT2D eigenvalue weighted by Crippen LogP contribution is 2.34. The number of carboxylic acids is 1. The fraction of sp³-hybridized carbons (Fsp3) is 0.179. The fourth-order valence-corrected chi connectivity index (χ4v) is 4.16. The minimum absolute atomic E-state index is 0.00511. The van der Waals surface area contributed by atoms with Crippen LogP contribution in [0.25, 0.3) is 11.1 Å². The van der Waals surface area contributed by atoms with Gasteiger partial charge in [-0.15, -0.1) is 0 Å². The van der Waals surface area contributed by atoms with Crippen LogP contribution in [0.2, 0.25) is 5.02 Å². The second-order valence-corrected chi connectivity index (χ2v) is 8.90. The predicted octanol–water partition coefficient (Wildman–Crippen LogP) is 4.19. The van der Waals surface area contributed by atoms with E-state index in [1.165, 1.54) is 67.5 Å². The molecule has 1 amide bonds. The van der Waals surface area contributed by atoms with E-state index < -0.39 is 23.5 Å². The largest absolute Gasteiger partial charge is 0.495 e. The quantitative estimate of drug-likeness (QED) is 0.252. The molecule has 0 unspecified atom stereocenters. The Hall–Kier alpha value is -4.70. The van der Waals surface area contributed by atoms with Crippen molar-refractivity contribution >= 4 is 41.2 Å². The molecule has 4 N–H and O–H groups in total. The van der Waals surface area contributed by atoms with Crippen LogP contribution in [-0.2, 0) is 4.79 Å². The first-order chi connectivity index (χ1) is 18.6. The first-order valence-electron chi connectivity index (χ1n) is 11.7. The van der Waals surface area contributed by atoms with Gasteiger partial charge in [-0.25, -0.2) is 4.79 Å². The number of pyridine rings is 1. The number of hydrogen-bond donors (Lipinski definition) is 3. The van der Waals surface area contributed by atoms with Gasteiger partial charge in [0.05, 0.1) is 18.9 Å². The van der Waals surface area contributed by atoms with Crippen LogP contribution in [0.3, 0.4) is 0 Å². The number of aromatic nitrogens is 1. The lowest BCUT2D eigenvalue weighted by Crippen LogP contribution is -2.33. The van der Waals surface area contributed by atoms with E-state index in [1.54, 1.807) is 25.2 Å². The number of nitrogens with one attached hydrogen (secondary N) is 1. The number of hydrogen-bond acceptors (Lipinski definition) is 7. The maximum absolute atomic E-state index is 13.5. The standard InChI is InChI=1S/C28H27ClN4O6/c1-16(34)21-9-6-19(29)11-22(21)23-12-26(35)33(15-25(23)39-3)24(10-17(13-30)14-31-2)27(36)32-20-7-4-18(5-8-20)28(37)38/h4-9,11-15,24H,10,30H2,1-3H3,(H,32,36)(H,37,38)/t24-/m1/s1. The fourth-order valence-electron chi connectivity index (χ4n) is 3.98. The van der Waals surface area contributed by atoms with Gasteiger partial charge in [0.15, 0.2) is 5.78 Å². The zero-order valence-electron chi connectivity index (χ0n) is 21.5. The van der Waals surface area contributed by atoms with E-state index in [4.69, 9.17) is 27.2 Å². The molecule has 0 aliphatic rings. The number of methoxy groups -OCH3 is 1. The SMILES string of the molecule is CN=CC(=CN)C[C@H](C(=O)Nc1ccc(C(=O)O)cc1)n1cc(OC)c(-c2cc(Cl)ccc2C(C)=O)cc1=O. The number of Topliss-reactive ketones (excluding diaryl/α,β-unsaturated/α-hetero) is 1. The number of aromatic carboxylic acids is 1. The Balaban J connectivity index is 2.13. The highest BCUT2D eigenvalue weighted by molar-refractivity contribution is 6.31. The Morgan fingerprint density at radius 3 is 2.41 bits per heavy atom. The third-order valence-corrected chi connectivity index (χ3v) is 6.13. The number of ether oxygens (including phenoxy) is 1. The zero-order valence-corrected chi connectivity index (χ0v) is 22.2. The van der Waals surface area contributed by atoms with Gasteiger partial charge in [0.2, 0.25) is 5.91 Å². The van der Waals surface area contributed by atoms with Crippen molar-refractivity contribution in [3.05, 3.63) is 93.0 Å². The number of rotatable bonds is 10. The van der Waals surface area contributed by atoms with Crippen LogP contribution in [0, 0.1) is 0 Å². The van der Waals surface area contributed by atoms with Gasteiger partial charge in [0.25, 0.3) is 5.56 Å². The van der Waals surface area contributed by atoms with Gasteiger partial charge in [-0.2, -0.15) is 0 Å². The second-order valence-electron chi connectivity index (χ2n) is 8.47. The minimum atomic E-state index is -1.10. The maximum Gasteiger partial charge on any atom is 0.335 e. The lowest BCUT2D eigenvalue weighted by Gasteiger charge is -2.22. The van der Waals surface area contributed by atoms with Crippen LogP contribution < -0.4 is 21.3 Å². The Morgan fingerprint density at radius 1 is 1.15 bits per heavy atom. The number of halogens is 1. The Bertz CT molecular complexity index is 1530. The molecule has 0 bridgehead atoms. The molecule has 11 heteroatoms. The highest BCUT2D eigenvalue weighted by atomic mass is 35.5. The number of carbonyl (C=O) groups excluding carboxylic acids is 2. The summed E-state index contributed by atoms with van der Waals surface area (Å²) in [4.78, 5) is 54.3. The number of nitrogens with two attached hydrogens (primary N) is 1. The van der Waals surface area contributed by atoms with E-state index in [1.807, 2.05) is 0 Å². The molecule has 0 saturated heterocycles. The molecular weight excluding hydrogens is 524 g/mol. The molecule has 1 atom stereocenters. The summed E-state index contributed by atoms with van der Waals surface area (Å²) in [5.74, 6) is -1.67. The molecule has 0 radical (unpaired) electrons. The van der Waals surface area contributed by atoms with Gasteiger partial charge in [-0.1, -0.05) is 11.6 Å². The average molecular weight is 551 g/mol. The number of anilines is 1. The molecule has 39 heavy (non-hydrogen) atoms. The first-order valence-corrected chi connectivity index (χ1v) is 12.1. The van der Waals surface area contributed by atoms with Gasteiger partial charge in [-0.3, -0.25) is 23.9 Å². The van der Waals surface area contributed by atoms with Crippen molar-refractivity contribution in [1.29, 1.82) is 0 Å². The van der Waals surface area contributed by atoms with E-state index in [0.29, 0.717) is 33.0 Å². The molecule has 1 heterocycles. The Kier molecular flexibility index (Phi) is 9.40. The summed E-state index contributed by atoms with van der Waals surface area (Å²) in [5, 5.41) is 12.2. The lowest BCUT2D eigenvalue weighted by atomic mass is 9.97. The summed E-state index contributed by atoms with van der Waals surface area (Å²) in [6.45, 7) is 1.40. The van der Waals surface area contributed by atoms with Gasteiger partial charge in [0.1, 0.15) is 11.8 Å². The maximum atomic E-state index is 13.5. The number of allylic oxidation sites excluding steroid dienone is 1. The molecular formula is C28H27ClN4O6. The van der Waals surface area contributed by atoms with Crippen molar-refractivity contribution in [2.75, 3.05) is 19.5 Å². The summed E-state index contributed by atoms with van der Waals surface area (Å²) in [6.07, 6.45) is 4.16. The molecule has 3 aromatic rings.